The van der Waals surface area contributed by atoms with Crippen molar-refractivity contribution in [1.82, 2.24) is 4.90 Å². The summed E-state index contributed by atoms with van der Waals surface area (Å²) < 4.78 is 0. The summed E-state index contributed by atoms with van der Waals surface area (Å²) in [7, 11) is 0. The summed E-state index contributed by atoms with van der Waals surface area (Å²) in [5.41, 5.74) is 7.21. The van der Waals surface area contributed by atoms with Gasteiger partial charge >= 0.3 is 0 Å². The number of carbonyl (C=O) groups is 1. The van der Waals surface area contributed by atoms with Gasteiger partial charge in [-0.3, -0.25) is 4.79 Å². The first-order valence-electron chi connectivity index (χ1n) is 5.76. The molecule has 1 aliphatic heterocycles. The molecule has 86 valence electrons. The highest BCUT2D eigenvalue weighted by Crippen LogP contribution is 2.13. The molecule has 0 aromatic carbocycles. The highest BCUT2D eigenvalue weighted by atomic mass is 16.2. The Balaban J connectivity index is 2.57. The van der Waals surface area contributed by atoms with Gasteiger partial charge < -0.3 is 10.6 Å². The molecule has 0 aliphatic carbocycles. The minimum Gasteiger partial charge on any atom is -0.337 e. The van der Waals surface area contributed by atoms with Crippen LogP contribution in [0.1, 0.15) is 33.6 Å². The molecule has 3 heteroatoms. The fraction of sp³-hybridized carbons (Fsp3) is 0.750. The molecular weight excluding hydrogens is 188 g/mol. The van der Waals surface area contributed by atoms with Crippen LogP contribution in [0.5, 0.6) is 0 Å². The summed E-state index contributed by atoms with van der Waals surface area (Å²) in [6.45, 7) is 7.74. The van der Waals surface area contributed by atoms with Crippen molar-refractivity contribution in [3.05, 3.63) is 11.6 Å². The van der Waals surface area contributed by atoms with E-state index in [4.69, 9.17) is 5.73 Å². The van der Waals surface area contributed by atoms with E-state index in [-0.39, 0.29) is 17.9 Å². The van der Waals surface area contributed by atoms with E-state index in [2.05, 4.69) is 19.9 Å². The predicted octanol–water partition coefficient (Wildman–Crippen LogP) is 1.54. The molecule has 2 N–H and O–H groups in total. The summed E-state index contributed by atoms with van der Waals surface area (Å²) in [5.74, 6) is 0.375. The summed E-state index contributed by atoms with van der Waals surface area (Å²) in [6.07, 6.45) is 4.11. The summed E-state index contributed by atoms with van der Waals surface area (Å²) in [5, 5.41) is 0. The van der Waals surface area contributed by atoms with Crippen molar-refractivity contribution in [3.63, 3.8) is 0 Å². The zero-order chi connectivity index (χ0) is 11.4. The molecule has 0 aromatic heterocycles. The van der Waals surface area contributed by atoms with Crippen LogP contribution in [0.4, 0.5) is 0 Å². The van der Waals surface area contributed by atoms with Crippen molar-refractivity contribution in [3.8, 4) is 0 Å². The van der Waals surface area contributed by atoms with Gasteiger partial charge in [0.1, 0.15) is 0 Å². The topological polar surface area (TPSA) is 46.3 Å². The average Bonchev–Trinajstić information content (AvgIpc) is 2.26. The molecule has 0 fully saturated rings. The smallest absolute Gasteiger partial charge is 0.240 e. The fourth-order valence-corrected chi connectivity index (χ4v) is 1.81. The Bertz CT molecular complexity index is 260. The summed E-state index contributed by atoms with van der Waals surface area (Å²) in [4.78, 5) is 13.9. The number of nitrogens with zero attached hydrogens (tertiary/aromatic N) is 1. The van der Waals surface area contributed by atoms with Crippen molar-refractivity contribution < 1.29 is 4.79 Å². The quantitative estimate of drug-likeness (QED) is 0.718. The minimum atomic E-state index is -0.333. The van der Waals surface area contributed by atoms with Gasteiger partial charge in [-0.2, -0.15) is 0 Å². The number of hydrogen-bond acceptors (Lipinski definition) is 2. The Morgan fingerprint density at radius 3 is 2.87 bits per heavy atom. The largest absolute Gasteiger partial charge is 0.337 e. The molecule has 1 unspecified atom stereocenters. The minimum absolute atomic E-state index is 0.108. The molecule has 0 saturated carbocycles. The average molecular weight is 210 g/mol. The highest BCUT2D eigenvalue weighted by Gasteiger charge is 2.25. The SMILES string of the molecule is CCC(C)[C@H](N)C(=O)N1CCC=C(C)C1. The van der Waals surface area contributed by atoms with Crippen LogP contribution in [0.2, 0.25) is 0 Å². The molecule has 0 saturated heterocycles. The van der Waals surface area contributed by atoms with E-state index in [1.54, 1.807) is 0 Å². The van der Waals surface area contributed by atoms with Crippen LogP contribution in [0, 0.1) is 5.92 Å². The Hall–Kier alpha value is -0.830. The van der Waals surface area contributed by atoms with Gasteiger partial charge in [-0.15, -0.1) is 0 Å². The lowest BCUT2D eigenvalue weighted by Gasteiger charge is -2.30. The number of amides is 1. The predicted molar refractivity (Wildman–Crippen MR) is 62.4 cm³/mol. The number of hydrogen-bond donors (Lipinski definition) is 1. The zero-order valence-corrected chi connectivity index (χ0v) is 9.99. The highest BCUT2D eigenvalue weighted by molar-refractivity contribution is 5.82. The molecular formula is C12H22N2O. The van der Waals surface area contributed by atoms with E-state index in [0.717, 1.165) is 25.9 Å². The van der Waals surface area contributed by atoms with E-state index in [9.17, 15) is 4.79 Å². The Morgan fingerprint density at radius 2 is 2.33 bits per heavy atom. The first-order valence-corrected chi connectivity index (χ1v) is 5.76. The van der Waals surface area contributed by atoms with Crippen LogP contribution >= 0.6 is 0 Å². The molecule has 15 heavy (non-hydrogen) atoms. The molecule has 1 aliphatic rings. The van der Waals surface area contributed by atoms with Crippen LogP contribution in [-0.4, -0.2) is 29.9 Å². The van der Waals surface area contributed by atoms with E-state index in [1.165, 1.54) is 5.57 Å². The normalized spacial score (nSPS) is 20.8. The molecule has 0 bridgehead atoms. The molecule has 1 heterocycles. The van der Waals surface area contributed by atoms with Crippen molar-refractivity contribution in [1.29, 1.82) is 0 Å². The Labute approximate surface area is 92.3 Å². The van der Waals surface area contributed by atoms with Crippen LogP contribution in [0.25, 0.3) is 0 Å². The molecule has 2 atom stereocenters. The maximum atomic E-state index is 12.0. The van der Waals surface area contributed by atoms with Gasteiger partial charge in [0.05, 0.1) is 6.04 Å². The van der Waals surface area contributed by atoms with E-state index < -0.39 is 0 Å². The van der Waals surface area contributed by atoms with Gasteiger partial charge in [0, 0.05) is 13.1 Å². The Morgan fingerprint density at radius 1 is 1.67 bits per heavy atom. The van der Waals surface area contributed by atoms with Gasteiger partial charge in [-0.1, -0.05) is 31.9 Å². The van der Waals surface area contributed by atoms with Crippen molar-refractivity contribution in [2.45, 2.75) is 39.7 Å². The maximum Gasteiger partial charge on any atom is 0.240 e. The van der Waals surface area contributed by atoms with Crippen LogP contribution in [0.3, 0.4) is 0 Å². The maximum absolute atomic E-state index is 12.0. The third-order valence-corrected chi connectivity index (χ3v) is 3.19. The third kappa shape index (κ3) is 3.06. The Kier molecular flexibility index (Phi) is 4.33. The van der Waals surface area contributed by atoms with Gasteiger partial charge in [0.15, 0.2) is 0 Å². The van der Waals surface area contributed by atoms with Crippen LogP contribution in [0.15, 0.2) is 11.6 Å². The second-order valence-corrected chi connectivity index (χ2v) is 4.51. The van der Waals surface area contributed by atoms with Gasteiger partial charge in [-0.25, -0.2) is 0 Å². The van der Waals surface area contributed by atoms with Crippen molar-refractivity contribution in [2.24, 2.45) is 11.7 Å². The van der Waals surface area contributed by atoms with E-state index in [1.807, 2.05) is 11.8 Å². The summed E-state index contributed by atoms with van der Waals surface area (Å²) >= 11 is 0. The van der Waals surface area contributed by atoms with Crippen LogP contribution < -0.4 is 5.73 Å². The lowest BCUT2D eigenvalue weighted by atomic mass is 9.98. The standard InChI is InChI=1S/C12H22N2O/c1-4-10(3)11(13)12(15)14-7-5-6-9(2)8-14/h6,10-11H,4-5,7-8,13H2,1-3H3/t10?,11-/m0/s1. The van der Waals surface area contributed by atoms with Crippen molar-refractivity contribution in [2.75, 3.05) is 13.1 Å². The molecule has 0 aromatic rings. The molecule has 1 amide bonds. The van der Waals surface area contributed by atoms with Crippen molar-refractivity contribution >= 4 is 5.91 Å². The second-order valence-electron chi connectivity index (χ2n) is 4.51. The monoisotopic (exact) mass is 210 g/mol. The molecule has 0 spiro atoms. The number of carbonyl (C=O) groups excluding carboxylic acids is 1. The first kappa shape index (κ1) is 12.2. The lowest BCUT2D eigenvalue weighted by Crippen LogP contribution is -2.48. The van der Waals surface area contributed by atoms with E-state index >= 15 is 0 Å². The molecule has 0 radical (unpaired) electrons. The second kappa shape index (κ2) is 5.31. The lowest BCUT2D eigenvalue weighted by molar-refractivity contribution is -0.133. The van der Waals surface area contributed by atoms with E-state index in [0.29, 0.717) is 0 Å². The van der Waals surface area contributed by atoms with Crippen LogP contribution in [-0.2, 0) is 4.79 Å². The third-order valence-electron chi connectivity index (χ3n) is 3.19. The summed E-state index contributed by atoms with van der Waals surface area (Å²) in [6, 6.07) is -0.333. The fourth-order valence-electron chi connectivity index (χ4n) is 1.81. The van der Waals surface area contributed by atoms with Gasteiger partial charge in [0.2, 0.25) is 5.91 Å². The van der Waals surface area contributed by atoms with Gasteiger partial charge in [0.25, 0.3) is 0 Å². The number of nitrogens with two attached hydrogens (primary N) is 1. The first-order chi connectivity index (χ1) is 7.06. The van der Waals surface area contributed by atoms with Gasteiger partial charge in [-0.05, 0) is 19.3 Å². The molecule has 1 rings (SSSR count). The number of rotatable bonds is 3. The molecule has 3 nitrogen and oxygen atoms in total. The zero-order valence-electron chi connectivity index (χ0n) is 9.99.